The molecule has 0 saturated heterocycles. The first-order valence-corrected chi connectivity index (χ1v) is 7.95. The van der Waals surface area contributed by atoms with Crippen LogP contribution in [-0.4, -0.2) is 37.1 Å². The SMILES string of the molecule is CC(C)C1COC(CCCCC2=N[C@@H](C(C)C)CO2)=N1. The van der Waals surface area contributed by atoms with Gasteiger partial charge in [0.1, 0.15) is 13.2 Å². The van der Waals surface area contributed by atoms with Crippen LogP contribution in [0.5, 0.6) is 0 Å². The summed E-state index contributed by atoms with van der Waals surface area (Å²) in [6, 6.07) is 0.721. The fraction of sp³-hybridized carbons (Fsp3) is 0.875. The zero-order valence-electron chi connectivity index (χ0n) is 13.3. The van der Waals surface area contributed by atoms with Crippen molar-refractivity contribution in [1.29, 1.82) is 0 Å². The van der Waals surface area contributed by atoms with Gasteiger partial charge in [-0.25, -0.2) is 9.98 Å². The van der Waals surface area contributed by atoms with Crippen molar-refractivity contribution in [3.05, 3.63) is 0 Å². The van der Waals surface area contributed by atoms with Gasteiger partial charge < -0.3 is 9.47 Å². The van der Waals surface area contributed by atoms with Crippen molar-refractivity contribution in [1.82, 2.24) is 0 Å². The molecule has 114 valence electrons. The van der Waals surface area contributed by atoms with E-state index in [0.717, 1.165) is 50.7 Å². The Balaban J connectivity index is 1.63. The maximum atomic E-state index is 5.64. The van der Waals surface area contributed by atoms with Gasteiger partial charge in [0.2, 0.25) is 0 Å². The Morgan fingerprint density at radius 1 is 0.850 bits per heavy atom. The van der Waals surface area contributed by atoms with Gasteiger partial charge in [-0.3, -0.25) is 0 Å². The summed E-state index contributed by atoms with van der Waals surface area (Å²) in [5.74, 6) is 3.03. The van der Waals surface area contributed by atoms with Crippen molar-refractivity contribution in [2.45, 2.75) is 65.5 Å². The standard InChI is InChI=1S/C16H28N2O2/c1-11(2)13-9-19-15(17-13)7-5-6-8-16-18-14(10-20-16)12(3)4/h11-14H,5-10H2,1-4H3/t13-,14?/m1/s1. The number of hydrogen-bond donors (Lipinski definition) is 0. The molecule has 20 heavy (non-hydrogen) atoms. The molecular weight excluding hydrogens is 252 g/mol. The first-order chi connectivity index (χ1) is 9.56. The second-order valence-electron chi connectivity index (χ2n) is 6.50. The number of rotatable bonds is 7. The Bertz CT molecular complexity index is 339. The summed E-state index contributed by atoms with van der Waals surface area (Å²) >= 11 is 0. The molecule has 0 aromatic carbocycles. The van der Waals surface area contributed by atoms with Gasteiger partial charge in [-0.05, 0) is 24.7 Å². The maximum absolute atomic E-state index is 5.64. The van der Waals surface area contributed by atoms with E-state index in [-0.39, 0.29) is 0 Å². The number of ether oxygens (including phenoxy) is 2. The average molecular weight is 280 g/mol. The largest absolute Gasteiger partial charge is 0.479 e. The zero-order valence-corrected chi connectivity index (χ0v) is 13.3. The predicted octanol–water partition coefficient (Wildman–Crippen LogP) is 3.45. The van der Waals surface area contributed by atoms with Crippen molar-refractivity contribution in [3.8, 4) is 0 Å². The number of aliphatic imine (C=N–C) groups is 2. The lowest BCUT2D eigenvalue weighted by Gasteiger charge is -2.06. The summed E-state index contributed by atoms with van der Waals surface area (Å²) in [6.45, 7) is 10.3. The lowest BCUT2D eigenvalue weighted by Crippen LogP contribution is -2.13. The fourth-order valence-corrected chi connectivity index (χ4v) is 2.39. The van der Waals surface area contributed by atoms with Gasteiger partial charge in [-0.15, -0.1) is 0 Å². The molecule has 1 unspecified atom stereocenters. The molecule has 2 rings (SSSR count). The summed E-state index contributed by atoms with van der Waals surface area (Å²) in [6.07, 6.45) is 4.09. The minimum atomic E-state index is 0.361. The van der Waals surface area contributed by atoms with E-state index < -0.39 is 0 Å². The van der Waals surface area contributed by atoms with Gasteiger partial charge in [0.15, 0.2) is 11.8 Å². The molecule has 0 fully saturated rings. The molecule has 2 heterocycles. The normalized spacial score (nSPS) is 25.7. The molecule has 0 aromatic rings. The smallest absolute Gasteiger partial charge is 0.183 e. The molecule has 2 atom stereocenters. The summed E-state index contributed by atoms with van der Waals surface area (Å²) in [7, 11) is 0. The third-order valence-corrected chi connectivity index (χ3v) is 4.03. The highest BCUT2D eigenvalue weighted by Crippen LogP contribution is 2.18. The quantitative estimate of drug-likeness (QED) is 0.670. The van der Waals surface area contributed by atoms with Gasteiger partial charge >= 0.3 is 0 Å². The monoisotopic (exact) mass is 280 g/mol. The first kappa shape index (κ1) is 15.3. The van der Waals surface area contributed by atoms with Gasteiger partial charge in [0.05, 0.1) is 12.1 Å². The summed E-state index contributed by atoms with van der Waals surface area (Å²) < 4.78 is 11.3. The van der Waals surface area contributed by atoms with Crippen LogP contribution >= 0.6 is 0 Å². The molecule has 0 radical (unpaired) electrons. The highest BCUT2D eigenvalue weighted by molar-refractivity contribution is 5.78. The Labute approximate surface area is 122 Å². The molecule has 0 bridgehead atoms. The Kier molecular flexibility index (Phi) is 5.44. The fourth-order valence-electron chi connectivity index (χ4n) is 2.39. The molecule has 2 aliphatic heterocycles. The second-order valence-corrected chi connectivity index (χ2v) is 6.50. The first-order valence-electron chi connectivity index (χ1n) is 7.95. The topological polar surface area (TPSA) is 43.2 Å². The Hall–Kier alpha value is -1.06. The third kappa shape index (κ3) is 4.22. The molecule has 2 aliphatic rings. The Morgan fingerprint density at radius 2 is 1.25 bits per heavy atom. The van der Waals surface area contributed by atoms with Crippen molar-refractivity contribution in [3.63, 3.8) is 0 Å². The molecule has 4 nitrogen and oxygen atoms in total. The summed E-state index contributed by atoms with van der Waals surface area (Å²) in [5, 5.41) is 0. The molecule has 0 aromatic heterocycles. The van der Waals surface area contributed by atoms with Crippen LogP contribution in [0.2, 0.25) is 0 Å². The molecule has 0 amide bonds. The van der Waals surface area contributed by atoms with E-state index in [0.29, 0.717) is 23.9 Å². The molecule has 4 heteroatoms. The Morgan fingerprint density at radius 3 is 1.55 bits per heavy atom. The number of unbranched alkanes of at least 4 members (excludes halogenated alkanes) is 1. The predicted molar refractivity (Wildman–Crippen MR) is 82.5 cm³/mol. The third-order valence-electron chi connectivity index (χ3n) is 4.03. The molecule has 0 spiro atoms. The van der Waals surface area contributed by atoms with Gasteiger partial charge in [0.25, 0.3) is 0 Å². The minimum absolute atomic E-state index is 0.361. The van der Waals surface area contributed by atoms with E-state index in [2.05, 4.69) is 37.7 Å². The van der Waals surface area contributed by atoms with Crippen molar-refractivity contribution in [2.24, 2.45) is 21.8 Å². The number of nitrogens with zero attached hydrogens (tertiary/aromatic N) is 2. The van der Waals surface area contributed by atoms with Crippen LogP contribution in [-0.2, 0) is 9.47 Å². The summed E-state index contributed by atoms with van der Waals surface area (Å²) in [4.78, 5) is 9.25. The lowest BCUT2D eigenvalue weighted by atomic mass is 10.1. The van der Waals surface area contributed by atoms with Crippen LogP contribution in [0, 0.1) is 11.8 Å². The van der Waals surface area contributed by atoms with Crippen molar-refractivity contribution < 1.29 is 9.47 Å². The minimum Gasteiger partial charge on any atom is -0.479 e. The van der Waals surface area contributed by atoms with Crippen LogP contribution in [0.3, 0.4) is 0 Å². The summed E-state index contributed by atoms with van der Waals surface area (Å²) in [5.41, 5.74) is 0. The van der Waals surface area contributed by atoms with E-state index in [9.17, 15) is 0 Å². The van der Waals surface area contributed by atoms with Crippen LogP contribution in [0.4, 0.5) is 0 Å². The van der Waals surface area contributed by atoms with Crippen LogP contribution in [0.25, 0.3) is 0 Å². The van der Waals surface area contributed by atoms with Gasteiger partial charge in [0, 0.05) is 12.8 Å². The van der Waals surface area contributed by atoms with E-state index in [4.69, 9.17) is 9.47 Å². The van der Waals surface area contributed by atoms with Gasteiger partial charge in [-0.2, -0.15) is 0 Å². The second kappa shape index (κ2) is 7.09. The van der Waals surface area contributed by atoms with E-state index in [1.807, 2.05) is 0 Å². The maximum Gasteiger partial charge on any atom is 0.183 e. The highest BCUT2D eigenvalue weighted by atomic mass is 16.5. The molecule has 0 saturated carbocycles. The van der Waals surface area contributed by atoms with Crippen molar-refractivity contribution >= 4 is 11.8 Å². The lowest BCUT2D eigenvalue weighted by molar-refractivity contribution is 0.282. The zero-order chi connectivity index (χ0) is 14.5. The van der Waals surface area contributed by atoms with Gasteiger partial charge in [-0.1, -0.05) is 27.7 Å². The van der Waals surface area contributed by atoms with Crippen LogP contribution in [0.1, 0.15) is 53.4 Å². The number of hydrogen-bond acceptors (Lipinski definition) is 4. The molecule has 0 N–H and O–H groups in total. The van der Waals surface area contributed by atoms with Crippen molar-refractivity contribution in [2.75, 3.05) is 13.2 Å². The van der Waals surface area contributed by atoms with E-state index in [1.54, 1.807) is 0 Å². The van der Waals surface area contributed by atoms with Crippen LogP contribution < -0.4 is 0 Å². The average Bonchev–Trinajstić information content (AvgIpc) is 3.04. The van der Waals surface area contributed by atoms with Crippen LogP contribution in [0.15, 0.2) is 9.98 Å². The molecule has 0 aliphatic carbocycles. The van der Waals surface area contributed by atoms with E-state index in [1.165, 1.54) is 0 Å². The molecular formula is C16H28N2O2. The highest BCUT2D eigenvalue weighted by Gasteiger charge is 2.22. The van der Waals surface area contributed by atoms with E-state index >= 15 is 0 Å².